The molecule has 0 aliphatic heterocycles. The number of hydrogen-bond donors (Lipinski definition) is 2. The minimum Gasteiger partial charge on any atom is -0.399 e. The minimum atomic E-state index is -0.206. The number of amides is 2. The van der Waals surface area contributed by atoms with Crippen LogP contribution in [0.1, 0.15) is 12.5 Å². The fourth-order valence-corrected chi connectivity index (χ4v) is 2.14. The Morgan fingerprint density at radius 3 is 2.48 bits per heavy atom. The van der Waals surface area contributed by atoms with E-state index in [0.29, 0.717) is 22.9 Å². The van der Waals surface area contributed by atoms with Crippen molar-refractivity contribution in [1.29, 1.82) is 0 Å². The van der Waals surface area contributed by atoms with E-state index in [1.807, 2.05) is 38.1 Å². The molecule has 0 aromatic heterocycles. The normalized spacial score (nSPS) is 10.2. The van der Waals surface area contributed by atoms with Crippen LogP contribution in [0.4, 0.5) is 21.9 Å². The molecule has 0 aliphatic rings. The number of urea groups is 1. The van der Waals surface area contributed by atoms with Crippen LogP contribution in [0, 0.1) is 6.92 Å². The molecule has 0 heterocycles. The number of aryl methyl sites for hydroxylation is 1. The molecule has 0 saturated heterocycles. The molecule has 0 fully saturated rings. The van der Waals surface area contributed by atoms with Gasteiger partial charge >= 0.3 is 6.03 Å². The molecule has 4 nitrogen and oxygen atoms in total. The van der Waals surface area contributed by atoms with E-state index in [4.69, 9.17) is 17.3 Å². The molecule has 2 aromatic rings. The molecule has 3 N–H and O–H groups in total. The summed E-state index contributed by atoms with van der Waals surface area (Å²) < 4.78 is 0. The second kappa shape index (κ2) is 6.50. The Kier molecular flexibility index (Phi) is 4.70. The minimum absolute atomic E-state index is 0.206. The van der Waals surface area contributed by atoms with Crippen molar-refractivity contribution in [1.82, 2.24) is 0 Å². The number of nitrogen functional groups attached to an aromatic ring is 1. The van der Waals surface area contributed by atoms with E-state index >= 15 is 0 Å². The SMILES string of the molecule is CCN(C(=O)Nc1ccc(C)c(Cl)c1)c1ccc(N)cc1. The summed E-state index contributed by atoms with van der Waals surface area (Å²) in [6, 6.07) is 12.4. The summed E-state index contributed by atoms with van der Waals surface area (Å²) in [6.45, 7) is 4.38. The van der Waals surface area contributed by atoms with E-state index < -0.39 is 0 Å². The fraction of sp³-hybridized carbons (Fsp3) is 0.188. The van der Waals surface area contributed by atoms with Crippen molar-refractivity contribution in [2.45, 2.75) is 13.8 Å². The van der Waals surface area contributed by atoms with E-state index in [1.165, 1.54) is 0 Å². The number of nitrogens with zero attached hydrogens (tertiary/aromatic N) is 1. The zero-order valence-electron chi connectivity index (χ0n) is 12.1. The highest BCUT2D eigenvalue weighted by Gasteiger charge is 2.14. The van der Waals surface area contributed by atoms with Gasteiger partial charge in [-0.3, -0.25) is 4.90 Å². The number of nitrogens with one attached hydrogen (secondary N) is 1. The molecule has 2 aromatic carbocycles. The first kappa shape index (κ1) is 15.2. The highest BCUT2D eigenvalue weighted by molar-refractivity contribution is 6.31. The lowest BCUT2D eigenvalue weighted by molar-refractivity contribution is 0.257. The summed E-state index contributed by atoms with van der Waals surface area (Å²) in [7, 11) is 0. The Labute approximate surface area is 129 Å². The van der Waals surface area contributed by atoms with Gasteiger partial charge in [-0.1, -0.05) is 17.7 Å². The molecule has 21 heavy (non-hydrogen) atoms. The third-order valence-corrected chi connectivity index (χ3v) is 3.60. The average molecular weight is 304 g/mol. The molecule has 110 valence electrons. The predicted octanol–water partition coefficient (Wildman–Crippen LogP) is 4.29. The topological polar surface area (TPSA) is 58.4 Å². The van der Waals surface area contributed by atoms with E-state index in [1.54, 1.807) is 23.1 Å². The van der Waals surface area contributed by atoms with E-state index in [9.17, 15) is 4.79 Å². The summed E-state index contributed by atoms with van der Waals surface area (Å²) in [5.41, 5.74) is 8.77. The summed E-state index contributed by atoms with van der Waals surface area (Å²) in [4.78, 5) is 14.0. The van der Waals surface area contributed by atoms with Crippen LogP contribution in [0.15, 0.2) is 42.5 Å². The third kappa shape index (κ3) is 3.67. The van der Waals surface area contributed by atoms with Crippen molar-refractivity contribution in [3.8, 4) is 0 Å². The molecule has 0 bridgehead atoms. The van der Waals surface area contributed by atoms with Gasteiger partial charge in [-0.15, -0.1) is 0 Å². The predicted molar refractivity (Wildman–Crippen MR) is 89.1 cm³/mol. The Balaban J connectivity index is 2.16. The highest BCUT2D eigenvalue weighted by Crippen LogP contribution is 2.22. The Morgan fingerprint density at radius 2 is 1.90 bits per heavy atom. The van der Waals surface area contributed by atoms with Gasteiger partial charge in [-0.2, -0.15) is 0 Å². The lowest BCUT2D eigenvalue weighted by Gasteiger charge is -2.21. The molecule has 0 aliphatic carbocycles. The second-order valence-corrected chi connectivity index (χ2v) is 5.14. The van der Waals surface area contributed by atoms with Crippen molar-refractivity contribution in [3.05, 3.63) is 53.1 Å². The summed E-state index contributed by atoms with van der Waals surface area (Å²) in [5.74, 6) is 0. The van der Waals surface area contributed by atoms with Gasteiger partial charge in [0.2, 0.25) is 0 Å². The summed E-state index contributed by atoms with van der Waals surface area (Å²) in [5, 5.41) is 3.47. The van der Waals surface area contributed by atoms with E-state index in [0.717, 1.165) is 11.3 Å². The molecule has 5 heteroatoms. The first-order valence-corrected chi connectivity index (χ1v) is 7.09. The smallest absolute Gasteiger partial charge is 0.326 e. The van der Waals surface area contributed by atoms with Crippen LogP contribution >= 0.6 is 11.6 Å². The maximum absolute atomic E-state index is 12.4. The second-order valence-electron chi connectivity index (χ2n) is 4.73. The molecule has 0 radical (unpaired) electrons. The van der Waals surface area contributed by atoms with Crippen LogP contribution < -0.4 is 16.0 Å². The van der Waals surface area contributed by atoms with Crippen molar-refractivity contribution in [3.63, 3.8) is 0 Å². The van der Waals surface area contributed by atoms with Gasteiger partial charge in [-0.25, -0.2) is 4.79 Å². The van der Waals surface area contributed by atoms with Crippen LogP contribution in [0.5, 0.6) is 0 Å². The quantitative estimate of drug-likeness (QED) is 0.831. The first-order chi connectivity index (χ1) is 10.0. The van der Waals surface area contributed by atoms with Gasteiger partial charge in [0, 0.05) is 28.6 Å². The van der Waals surface area contributed by atoms with Gasteiger partial charge in [-0.05, 0) is 55.8 Å². The molecule has 0 unspecified atom stereocenters. The summed E-state index contributed by atoms with van der Waals surface area (Å²) >= 11 is 6.07. The Hall–Kier alpha value is -2.20. The van der Waals surface area contributed by atoms with Gasteiger partial charge in [0.05, 0.1) is 0 Å². The molecule has 2 rings (SSSR count). The van der Waals surface area contributed by atoms with Crippen LogP contribution in [-0.2, 0) is 0 Å². The number of carbonyl (C=O) groups excluding carboxylic acids is 1. The lowest BCUT2D eigenvalue weighted by Crippen LogP contribution is -2.34. The molecule has 2 amide bonds. The molecule has 0 saturated carbocycles. The third-order valence-electron chi connectivity index (χ3n) is 3.19. The molecular formula is C16H18ClN3O. The number of hydrogen-bond acceptors (Lipinski definition) is 2. The number of carbonyl (C=O) groups is 1. The molecule has 0 spiro atoms. The molecular weight excluding hydrogens is 286 g/mol. The number of rotatable bonds is 3. The van der Waals surface area contributed by atoms with Crippen molar-refractivity contribution in [2.24, 2.45) is 0 Å². The monoisotopic (exact) mass is 303 g/mol. The zero-order valence-corrected chi connectivity index (χ0v) is 12.8. The van der Waals surface area contributed by atoms with E-state index in [2.05, 4.69) is 5.32 Å². The zero-order chi connectivity index (χ0) is 15.4. The Bertz CT molecular complexity index is 640. The van der Waals surface area contributed by atoms with Crippen LogP contribution in [-0.4, -0.2) is 12.6 Å². The lowest BCUT2D eigenvalue weighted by atomic mass is 10.2. The highest BCUT2D eigenvalue weighted by atomic mass is 35.5. The van der Waals surface area contributed by atoms with Crippen LogP contribution in [0.2, 0.25) is 5.02 Å². The van der Waals surface area contributed by atoms with E-state index in [-0.39, 0.29) is 6.03 Å². The van der Waals surface area contributed by atoms with Crippen LogP contribution in [0.3, 0.4) is 0 Å². The van der Waals surface area contributed by atoms with Gasteiger partial charge < -0.3 is 11.1 Å². The number of nitrogens with two attached hydrogens (primary N) is 1. The average Bonchev–Trinajstić information content (AvgIpc) is 2.46. The number of halogens is 1. The number of anilines is 3. The van der Waals surface area contributed by atoms with Crippen LogP contribution in [0.25, 0.3) is 0 Å². The largest absolute Gasteiger partial charge is 0.399 e. The van der Waals surface area contributed by atoms with Gasteiger partial charge in [0.25, 0.3) is 0 Å². The maximum Gasteiger partial charge on any atom is 0.326 e. The summed E-state index contributed by atoms with van der Waals surface area (Å²) in [6.07, 6.45) is 0. The maximum atomic E-state index is 12.4. The van der Waals surface area contributed by atoms with Crippen molar-refractivity contribution < 1.29 is 4.79 Å². The molecule has 0 atom stereocenters. The van der Waals surface area contributed by atoms with Gasteiger partial charge in [0.15, 0.2) is 0 Å². The Morgan fingerprint density at radius 1 is 1.24 bits per heavy atom. The van der Waals surface area contributed by atoms with Gasteiger partial charge in [0.1, 0.15) is 0 Å². The fourth-order valence-electron chi connectivity index (χ4n) is 1.96. The number of benzene rings is 2. The standard InChI is InChI=1S/C16H18ClN3O/c1-3-20(14-8-5-12(18)6-9-14)16(21)19-13-7-4-11(2)15(17)10-13/h4-10H,3,18H2,1-2H3,(H,19,21). The first-order valence-electron chi connectivity index (χ1n) is 6.71. The van der Waals surface area contributed by atoms with Crippen molar-refractivity contribution in [2.75, 3.05) is 22.5 Å². The van der Waals surface area contributed by atoms with Crippen molar-refractivity contribution >= 4 is 34.7 Å².